The molecule has 17 heavy (non-hydrogen) atoms. The van der Waals surface area contributed by atoms with Crippen LogP contribution in [-0.4, -0.2) is 19.7 Å². The number of rotatable bonds is 2. The van der Waals surface area contributed by atoms with Gasteiger partial charge in [-0.2, -0.15) is 5.10 Å². The van der Waals surface area contributed by atoms with Gasteiger partial charge in [0.05, 0.1) is 34.0 Å². The molecule has 0 fully saturated rings. The Kier molecular flexibility index (Phi) is 2.99. The normalized spacial score (nSPS) is 10.5. The van der Waals surface area contributed by atoms with Gasteiger partial charge in [0.25, 0.3) is 5.69 Å². The van der Waals surface area contributed by atoms with Crippen LogP contribution in [0, 0.1) is 17.0 Å². The summed E-state index contributed by atoms with van der Waals surface area (Å²) < 4.78 is 1.34. The highest BCUT2D eigenvalue weighted by Crippen LogP contribution is 2.21. The van der Waals surface area contributed by atoms with E-state index in [1.807, 2.05) is 0 Å². The van der Waals surface area contributed by atoms with E-state index in [1.165, 1.54) is 23.0 Å². The standard InChI is InChI=1S/C9H6Cl2N4O2/c1-5-7(10)4-14(13-5)9-3-6(15(16)17)2-8(11)12-9/h2-4H,1H3. The van der Waals surface area contributed by atoms with Gasteiger partial charge in [0.1, 0.15) is 5.15 Å². The van der Waals surface area contributed by atoms with Crippen LogP contribution in [-0.2, 0) is 0 Å². The van der Waals surface area contributed by atoms with Crippen LogP contribution >= 0.6 is 23.2 Å². The van der Waals surface area contributed by atoms with E-state index in [4.69, 9.17) is 23.2 Å². The Morgan fingerprint density at radius 1 is 1.41 bits per heavy atom. The van der Waals surface area contributed by atoms with Crippen LogP contribution in [0.1, 0.15) is 5.69 Å². The Morgan fingerprint density at radius 2 is 2.12 bits per heavy atom. The van der Waals surface area contributed by atoms with Gasteiger partial charge in [-0.1, -0.05) is 23.2 Å². The summed E-state index contributed by atoms with van der Waals surface area (Å²) in [7, 11) is 0. The molecule has 0 aliphatic rings. The van der Waals surface area contributed by atoms with Crippen LogP contribution in [0.4, 0.5) is 5.69 Å². The zero-order valence-electron chi connectivity index (χ0n) is 8.59. The van der Waals surface area contributed by atoms with Gasteiger partial charge in [0.15, 0.2) is 5.82 Å². The van der Waals surface area contributed by atoms with E-state index in [9.17, 15) is 10.1 Å². The summed E-state index contributed by atoms with van der Waals surface area (Å²) in [6.45, 7) is 1.72. The van der Waals surface area contributed by atoms with Crippen LogP contribution in [0.2, 0.25) is 10.2 Å². The van der Waals surface area contributed by atoms with Crippen molar-refractivity contribution in [3.05, 3.63) is 44.3 Å². The van der Waals surface area contributed by atoms with Crippen LogP contribution in [0.5, 0.6) is 0 Å². The quantitative estimate of drug-likeness (QED) is 0.479. The van der Waals surface area contributed by atoms with Gasteiger partial charge < -0.3 is 0 Å². The number of aryl methyl sites for hydroxylation is 1. The van der Waals surface area contributed by atoms with Gasteiger partial charge in [0.2, 0.25) is 0 Å². The highest BCUT2D eigenvalue weighted by atomic mass is 35.5. The van der Waals surface area contributed by atoms with Crippen molar-refractivity contribution in [2.75, 3.05) is 0 Å². The number of hydrogen-bond donors (Lipinski definition) is 0. The molecule has 2 aromatic heterocycles. The van der Waals surface area contributed by atoms with E-state index in [0.29, 0.717) is 10.7 Å². The SMILES string of the molecule is Cc1nn(-c2cc([N+](=O)[O-])cc(Cl)n2)cc1Cl. The lowest BCUT2D eigenvalue weighted by Gasteiger charge is -2.00. The number of pyridine rings is 1. The maximum Gasteiger partial charge on any atom is 0.276 e. The van der Waals surface area contributed by atoms with Gasteiger partial charge in [-0.25, -0.2) is 9.67 Å². The Bertz CT molecular complexity index is 577. The number of nitro groups is 1. The minimum Gasteiger partial charge on any atom is -0.258 e. The summed E-state index contributed by atoms with van der Waals surface area (Å²) >= 11 is 11.5. The molecular weight excluding hydrogens is 267 g/mol. The van der Waals surface area contributed by atoms with E-state index in [1.54, 1.807) is 6.92 Å². The number of hydrogen-bond acceptors (Lipinski definition) is 4. The maximum absolute atomic E-state index is 10.7. The molecule has 0 bridgehead atoms. The lowest BCUT2D eigenvalue weighted by molar-refractivity contribution is -0.384. The zero-order chi connectivity index (χ0) is 12.6. The van der Waals surface area contributed by atoms with Gasteiger partial charge in [-0.15, -0.1) is 0 Å². The minimum absolute atomic E-state index is 0.0264. The van der Waals surface area contributed by atoms with Crippen molar-refractivity contribution >= 4 is 28.9 Å². The molecule has 88 valence electrons. The fourth-order valence-electron chi connectivity index (χ4n) is 1.25. The molecule has 0 radical (unpaired) electrons. The molecule has 2 aromatic rings. The molecule has 0 aromatic carbocycles. The van der Waals surface area contributed by atoms with E-state index < -0.39 is 4.92 Å². The van der Waals surface area contributed by atoms with Crippen LogP contribution < -0.4 is 0 Å². The third-order valence-electron chi connectivity index (χ3n) is 2.05. The highest BCUT2D eigenvalue weighted by Gasteiger charge is 2.13. The molecule has 0 aliphatic carbocycles. The zero-order valence-corrected chi connectivity index (χ0v) is 10.1. The second kappa shape index (κ2) is 4.31. The summed E-state index contributed by atoms with van der Waals surface area (Å²) in [5.41, 5.74) is 0.459. The highest BCUT2D eigenvalue weighted by molar-refractivity contribution is 6.31. The molecule has 8 heteroatoms. The first kappa shape index (κ1) is 11.8. The summed E-state index contributed by atoms with van der Waals surface area (Å²) in [4.78, 5) is 14.1. The van der Waals surface area contributed by atoms with Crippen molar-refractivity contribution in [3.8, 4) is 5.82 Å². The molecular formula is C9H6Cl2N4O2. The molecule has 0 aliphatic heterocycles. The average Bonchev–Trinajstić information content (AvgIpc) is 2.58. The Morgan fingerprint density at radius 3 is 2.65 bits per heavy atom. The van der Waals surface area contributed by atoms with E-state index in [2.05, 4.69) is 10.1 Å². The van der Waals surface area contributed by atoms with Crippen molar-refractivity contribution in [1.82, 2.24) is 14.8 Å². The van der Waals surface area contributed by atoms with Gasteiger partial charge in [-0.05, 0) is 6.92 Å². The summed E-state index contributed by atoms with van der Waals surface area (Å²) in [5.74, 6) is 0.249. The molecule has 6 nitrogen and oxygen atoms in total. The van der Waals surface area contributed by atoms with Crippen molar-refractivity contribution < 1.29 is 4.92 Å². The monoisotopic (exact) mass is 272 g/mol. The van der Waals surface area contributed by atoms with E-state index >= 15 is 0 Å². The summed E-state index contributed by atoms with van der Waals surface area (Å²) in [5, 5.41) is 15.2. The predicted molar refractivity (Wildman–Crippen MR) is 62.8 cm³/mol. The number of nitrogens with zero attached hydrogens (tertiary/aromatic N) is 4. The van der Waals surface area contributed by atoms with Gasteiger partial charge in [0, 0.05) is 0 Å². The third-order valence-corrected chi connectivity index (χ3v) is 2.61. The Labute approximate surface area is 106 Å². The Balaban J connectivity index is 2.55. The smallest absolute Gasteiger partial charge is 0.258 e. The molecule has 0 amide bonds. The molecule has 2 heterocycles. The summed E-state index contributed by atoms with van der Waals surface area (Å²) in [6, 6.07) is 2.44. The van der Waals surface area contributed by atoms with Crippen molar-refractivity contribution in [2.45, 2.75) is 6.92 Å². The van der Waals surface area contributed by atoms with Crippen molar-refractivity contribution in [1.29, 1.82) is 0 Å². The van der Waals surface area contributed by atoms with Crippen LogP contribution in [0.25, 0.3) is 5.82 Å². The van der Waals surface area contributed by atoms with Crippen LogP contribution in [0.15, 0.2) is 18.3 Å². The Hall–Kier alpha value is -1.66. The maximum atomic E-state index is 10.7. The molecule has 0 N–H and O–H groups in total. The molecule has 0 unspecified atom stereocenters. The largest absolute Gasteiger partial charge is 0.276 e. The number of aromatic nitrogens is 3. The molecule has 0 spiro atoms. The fraction of sp³-hybridized carbons (Fsp3) is 0.111. The van der Waals surface area contributed by atoms with E-state index in [-0.39, 0.29) is 16.7 Å². The first-order valence-corrected chi connectivity index (χ1v) is 5.27. The first-order valence-electron chi connectivity index (χ1n) is 4.51. The van der Waals surface area contributed by atoms with Crippen LogP contribution in [0.3, 0.4) is 0 Å². The second-order valence-electron chi connectivity index (χ2n) is 3.27. The first-order chi connectivity index (χ1) is 7.97. The lowest BCUT2D eigenvalue weighted by atomic mass is 10.4. The van der Waals surface area contributed by atoms with Crippen molar-refractivity contribution in [3.63, 3.8) is 0 Å². The predicted octanol–water partition coefficient (Wildman–Crippen LogP) is 2.79. The summed E-state index contributed by atoms with van der Waals surface area (Å²) in [6.07, 6.45) is 1.51. The second-order valence-corrected chi connectivity index (χ2v) is 4.06. The number of halogens is 2. The topological polar surface area (TPSA) is 73.8 Å². The van der Waals surface area contributed by atoms with Gasteiger partial charge >= 0.3 is 0 Å². The minimum atomic E-state index is -0.547. The van der Waals surface area contributed by atoms with Crippen molar-refractivity contribution in [2.24, 2.45) is 0 Å². The third kappa shape index (κ3) is 2.37. The van der Waals surface area contributed by atoms with Gasteiger partial charge in [-0.3, -0.25) is 10.1 Å². The van der Waals surface area contributed by atoms with E-state index in [0.717, 1.165) is 0 Å². The molecule has 0 atom stereocenters. The molecule has 2 rings (SSSR count). The molecule has 0 saturated carbocycles. The average molecular weight is 273 g/mol. The lowest BCUT2D eigenvalue weighted by Crippen LogP contribution is -2.00. The molecule has 0 saturated heterocycles. The fourth-order valence-corrected chi connectivity index (χ4v) is 1.58.